The molecule has 0 aliphatic carbocycles. The van der Waals surface area contributed by atoms with Gasteiger partial charge in [0.15, 0.2) is 0 Å². The van der Waals surface area contributed by atoms with Crippen LogP contribution in [0.15, 0.2) is 18.2 Å². The van der Waals surface area contributed by atoms with Crippen molar-refractivity contribution in [3.05, 3.63) is 29.3 Å². The lowest BCUT2D eigenvalue weighted by molar-refractivity contribution is 0.0551. The molecule has 0 spiro atoms. The van der Waals surface area contributed by atoms with Gasteiger partial charge in [0, 0.05) is 5.56 Å². The highest BCUT2D eigenvalue weighted by molar-refractivity contribution is 6.17. The minimum absolute atomic E-state index is 0.245. The second-order valence-corrected chi connectivity index (χ2v) is 4.28. The molecule has 2 nitrogen and oxygen atoms in total. The highest BCUT2D eigenvalue weighted by Gasteiger charge is 2.03. The summed E-state index contributed by atoms with van der Waals surface area (Å²) in [4.78, 5) is 0. The van der Waals surface area contributed by atoms with Crippen LogP contribution in [-0.4, -0.2) is 19.3 Å². The van der Waals surface area contributed by atoms with Crippen LogP contribution in [0.4, 0.5) is 0 Å². The average molecular weight is 243 g/mol. The molecule has 0 atom stereocenters. The van der Waals surface area contributed by atoms with Gasteiger partial charge in [0.2, 0.25) is 0 Å². The molecule has 0 aliphatic heterocycles. The van der Waals surface area contributed by atoms with Gasteiger partial charge in [-0.1, -0.05) is 17.7 Å². The quantitative estimate of drug-likeness (QED) is 0.561. The number of hydrogen-bond acceptors (Lipinski definition) is 2. The van der Waals surface area contributed by atoms with Crippen molar-refractivity contribution in [3.8, 4) is 5.75 Å². The van der Waals surface area contributed by atoms with Crippen LogP contribution in [-0.2, 0) is 10.6 Å². The Morgan fingerprint density at radius 2 is 2.00 bits per heavy atom. The summed E-state index contributed by atoms with van der Waals surface area (Å²) in [6, 6.07) is 6.03. The Labute approximate surface area is 103 Å². The van der Waals surface area contributed by atoms with Gasteiger partial charge in [-0.25, -0.2) is 0 Å². The molecule has 90 valence electrons. The van der Waals surface area contributed by atoms with Crippen LogP contribution in [0.1, 0.15) is 25.0 Å². The maximum Gasteiger partial charge on any atom is 0.123 e. The Kier molecular flexibility index (Phi) is 5.64. The van der Waals surface area contributed by atoms with Gasteiger partial charge in [0.1, 0.15) is 12.4 Å². The Morgan fingerprint density at radius 3 is 2.62 bits per heavy atom. The van der Waals surface area contributed by atoms with Gasteiger partial charge in [-0.3, -0.25) is 0 Å². The highest BCUT2D eigenvalue weighted by atomic mass is 35.5. The molecule has 1 aromatic rings. The van der Waals surface area contributed by atoms with Gasteiger partial charge >= 0.3 is 0 Å². The van der Waals surface area contributed by atoms with Gasteiger partial charge in [0.05, 0.1) is 18.6 Å². The molecule has 0 N–H and O–H groups in total. The average Bonchev–Trinajstić information content (AvgIpc) is 2.25. The summed E-state index contributed by atoms with van der Waals surface area (Å²) >= 11 is 5.86. The minimum atomic E-state index is 0.245. The third-order valence-electron chi connectivity index (χ3n) is 2.15. The number of hydrogen-bond donors (Lipinski definition) is 0. The largest absolute Gasteiger partial charge is 0.491 e. The van der Waals surface area contributed by atoms with E-state index < -0.39 is 0 Å². The van der Waals surface area contributed by atoms with Gasteiger partial charge in [-0.05, 0) is 26.8 Å². The van der Waals surface area contributed by atoms with Crippen LogP contribution in [0, 0.1) is 6.92 Å². The van der Waals surface area contributed by atoms with Crippen LogP contribution < -0.4 is 4.74 Å². The van der Waals surface area contributed by atoms with Crippen LogP contribution >= 0.6 is 11.6 Å². The normalized spacial score (nSPS) is 10.8. The molecule has 1 rings (SSSR count). The van der Waals surface area contributed by atoms with Crippen LogP contribution in [0.25, 0.3) is 0 Å². The van der Waals surface area contributed by atoms with Crippen molar-refractivity contribution < 1.29 is 9.47 Å². The molecule has 0 fully saturated rings. The monoisotopic (exact) mass is 242 g/mol. The molecule has 0 saturated heterocycles. The first-order chi connectivity index (χ1) is 7.63. The highest BCUT2D eigenvalue weighted by Crippen LogP contribution is 2.21. The van der Waals surface area contributed by atoms with Gasteiger partial charge in [0.25, 0.3) is 0 Å². The lowest BCUT2D eigenvalue weighted by Gasteiger charge is -2.12. The number of alkyl halides is 1. The molecule has 3 heteroatoms. The zero-order valence-electron chi connectivity index (χ0n) is 10.1. The molecule has 0 bridgehead atoms. The van der Waals surface area contributed by atoms with Crippen molar-refractivity contribution in [2.24, 2.45) is 0 Å². The van der Waals surface area contributed by atoms with Crippen molar-refractivity contribution in [2.75, 3.05) is 13.2 Å². The number of rotatable bonds is 6. The minimum Gasteiger partial charge on any atom is -0.491 e. The fraction of sp³-hybridized carbons (Fsp3) is 0.538. The Morgan fingerprint density at radius 1 is 1.25 bits per heavy atom. The predicted octanol–water partition coefficient (Wildman–Crippen LogP) is 3.54. The predicted molar refractivity (Wildman–Crippen MR) is 67.3 cm³/mol. The van der Waals surface area contributed by atoms with Crippen molar-refractivity contribution >= 4 is 11.6 Å². The zero-order chi connectivity index (χ0) is 12.0. The first-order valence-electron chi connectivity index (χ1n) is 5.53. The molecule has 0 aromatic heterocycles. The third kappa shape index (κ3) is 4.42. The third-order valence-corrected chi connectivity index (χ3v) is 2.44. The van der Waals surface area contributed by atoms with E-state index in [2.05, 4.69) is 0 Å². The summed E-state index contributed by atoms with van der Waals surface area (Å²) in [5, 5.41) is 0. The van der Waals surface area contributed by atoms with Crippen molar-refractivity contribution in [3.63, 3.8) is 0 Å². The lowest BCUT2D eigenvalue weighted by Crippen LogP contribution is -2.11. The van der Waals surface area contributed by atoms with Crippen LogP contribution in [0.2, 0.25) is 0 Å². The summed E-state index contributed by atoms with van der Waals surface area (Å²) in [7, 11) is 0. The maximum atomic E-state index is 5.86. The summed E-state index contributed by atoms with van der Waals surface area (Å²) in [5.74, 6) is 1.33. The fourth-order valence-corrected chi connectivity index (χ4v) is 1.60. The van der Waals surface area contributed by atoms with Crippen molar-refractivity contribution in [2.45, 2.75) is 32.8 Å². The van der Waals surface area contributed by atoms with E-state index >= 15 is 0 Å². The second-order valence-electron chi connectivity index (χ2n) is 4.01. The second kappa shape index (κ2) is 6.77. The number of aryl methyl sites for hydroxylation is 1. The first kappa shape index (κ1) is 13.3. The molecule has 0 saturated carbocycles. The van der Waals surface area contributed by atoms with Gasteiger partial charge in [-0.2, -0.15) is 0 Å². The lowest BCUT2D eigenvalue weighted by atomic mass is 10.1. The van der Waals surface area contributed by atoms with Gasteiger partial charge < -0.3 is 9.47 Å². The summed E-state index contributed by atoms with van der Waals surface area (Å²) in [6.07, 6.45) is 0.245. The Bertz CT molecular complexity index is 324. The number of benzene rings is 1. The smallest absolute Gasteiger partial charge is 0.123 e. The number of halogens is 1. The van der Waals surface area contributed by atoms with E-state index in [4.69, 9.17) is 21.1 Å². The zero-order valence-corrected chi connectivity index (χ0v) is 10.9. The summed E-state index contributed by atoms with van der Waals surface area (Å²) in [5.41, 5.74) is 2.23. The van der Waals surface area contributed by atoms with Crippen molar-refractivity contribution in [1.82, 2.24) is 0 Å². The van der Waals surface area contributed by atoms with Gasteiger partial charge in [-0.15, -0.1) is 11.6 Å². The first-order valence-corrected chi connectivity index (χ1v) is 6.07. The molecule has 0 heterocycles. The standard InChI is InChI=1S/C13H19ClO2/c1-10(2)15-6-7-16-13-5-4-11(3)8-12(13)9-14/h4-5,8,10H,6-7,9H2,1-3H3. The van der Waals surface area contributed by atoms with E-state index in [0.717, 1.165) is 11.3 Å². The topological polar surface area (TPSA) is 18.5 Å². The van der Waals surface area contributed by atoms with Crippen LogP contribution in [0.3, 0.4) is 0 Å². The molecule has 1 aromatic carbocycles. The molecule has 0 amide bonds. The Balaban J connectivity index is 2.47. The molecule has 0 unspecified atom stereocenters. The SMILES string of the molecule is Cc1ccc(OCCOC(C)C)c(CCl)c1. The fourth-order valence-electron chi connectivity index (χ4n) is 1.39. The Hall–Kier alpha value is -0.730. The number of ether oxygens (including phenoxy) is 2. The summed E-state index contributed by atoms with van der Waals surface area (Å²) in [6.45, 7) is 7.23. The van der Waals surface area contributed by atoms with E-state index in [9.17, 15) is 0 Å². The van der Waals surface area contributed by atoms with Crippen molar-refractivity contribution in [1.29, 1.82) is 0 Å². The van der Waals surface area contributed by atoms with E-state index in [-0.39, 0.29) is 6.10 Å². The van der Waals surface area contributed by atoms with Crippen LogP contribution in [0.5, 0.6) is 5.75 Å². The molecule has 0 aliphatic rings. The summed E-state index contributed by atoms with van der Waals surface area (Å²) < 4.78 is 11.0. The van der Waals surface area contributed by atoms with E-state index in [1.54, 1.807) is 0 Å². The molecular weight excluding hydrogens is 224 g/mol. The molecule has 0 radical (unpaired) electrons. The molecule has 16 heavy (non-hydrogen) atoms. The van der Waals surface area contributed by atoms with E-state index in [0.29, 0.717) is 19.1 Å². The maximum absolute atomic E-state index is 5.86. The molecular formula is C13H19ClO2. The van der Waals surface area contributed by atoms with E-state index in [1.807, 2.05) is 39.0 Å². The van der Waals surface area contributed by atoms with E-state index in [1.165, 1.54) is 5.56 Å².